The van der Waals surface area contributed by atoms with Gasteiger partial charge in [0.25, 0.3) is 15.7 Å². The van der Waals surface area contributed by atoms with Gasteiger partial charge in [0.15, 0.2) is 0 Å². The number of nitro groups is 1. The van der Waals surface area contributed by atoms with Crippen LogP contribution in [0, 0.1) is 23.0 Å². The first-order valence-corrected chi connectivity index (χ1v) is 8.61. The molecule has 0 atom stereocenters. The molecule has 8 heteroatoms. The van der Waals surface area contributed by atoms with E-state index in [-0.39, 0.29) is 22.1 Å². The summed E-state index contributed by atoms with van der Waals surface area (Å²) in [6.45, 7) is 1.46. The van der Waals surface area contributed by atoms with E-state index in [9.17, 15) is 23.3 Å². The summed E-state index contributed by atoms with van der Waals surface area (Å²) in [5.41, 5.74) is 0.0493. The predicted molar refractivity (Wildman–Crippen MR) is 79.7 cm³/mol. The highest BCUT2D eigenvalue weighted by Gasteiger charge is 2.27. The zero-order valence-corrected chi connectivity index (χ0v) is 13.1. The van der Waals surface area contributed by atoms with E-state index < -0.39 is 20.9 Å². The number of rotatable bonds is 4. The Balaban J connectivity index is 2.19. The van der Waals surface area contributed by atoms with Crippen molar-refractivity contribution in [2.24, 2.45) is 5.92 Å². The molecule has 0 bridgehead atoms. The fraction of sp³-hybridized carbons (Fsp3) is 0.500. The van der Waals surface area contributed by atoms with Crippen molar-refractivity contribution in [2.45, 2.75) is 43.9 Å². The maximum Gasteiger partial charge on any atom is 0.269 e. The van der Waals surface area contributed by atoms with E-state index in [0.29, 0.717) is 12.8 Å². The molecular formula is C14H18N2O5S. The maximum absolute atomic E-state index is 12.3. The molecule has 22 heavy (non-hydrogen) atoms. The molecule has 1 amide bonds. The molecule has 1 aliphatic rings. The molecular weight excluding hydrogens is 308 g/mol. The highest BCUT2D eigenvalue weighted by molar-refractivity contribution is 7.90. The summed E-state index contributed by atoms with van der Waals surface area (Å²) in [4.78, 5) is 22.1. The minimum absolute atomic E-state index is 0.109. The fourth-order valence-electron chi connectivity index (χ4n) is 2.68. The predicted octanol–water partition coefficient (Wildman–Crippen LogP) is 2.29. The monoisotopic (exact) mass is 326 g/mol. The van der Waals surface area contributed by atoms with E-state index >= 15 is 0 Å². The number of nitro benzene ring substituents is 1. The number of benzene rings is 1. The second-order valence-corrected chi connectivity index (χ2v) is 7.16. The van der Waals surface area contributed by atoms with Crippen molar-refractivity contribution in [3.8, 4) is 0 Å². The summed E-state index contributed by atoms with van der Waals surface area (Å²) < 4.78 is 26.7. The van der Waals surface area contributed by atoms with E-state index in [1.807, 2.05) is 0 Å². The number of aryl methyl sites for hydroxylation is 1. The first kappa shape index (κ1) is 16.4. The Morgan fingerprint density at radius 2 is 1.91 bits per heavy atom. The van der Waals surface area contributed by atoms with Crippen LogP contribution in [0.1, 0.15) is 37.7 Å². The average molecular weight is 326 g/mol. The van der Waals surface area contributed by atoms with E-state index in [4.69, 9.17) is 0 Å². The first-order chi connectivity index (χ1) is 10.3. The molecule has 120 valence electrons. The van der Waals surface area contributed by atoms with Crippen molar-refractivity contribution < 1.29 is 18.1 Å². The van der Waals surface area contributed by atoms with Gasteiger partial charge in [-0.2, -0.15) is 0 Å². The van der Waals surface area contributed by atoms with Crippen molar-refractivity contribution >= 4 is 21.6 Å². The Hall–Kier alpha value is -1.96. The minimum Gasteiger partial charge on any atom is -0.274 e. The lowest BCUT2D eigenvalue weighted by Crippen LogP contribution is -2.36. The summed E-state index contributed by atoms with van der Waals surface area (Å²) in [5.74, 6) is -0.765. The summed E-state index contributed by atoms with van der Waals surface area (Å²) in [5, 5.41) is 10.7. The van der Waals surface area contributed by atoms with Gasteiger partial charge in [0.05, 0.1) is 9.82 Å². The number of hydrogen-bond donors (Lipinski definition) is 1. The van der Waals surface area contributed by atoms with E-state index in [1.54, 1.807) is 0 Å². The van der Waals surface area contributed by atoms with Crippen molar-refractivity contribution in [1.29, 1.82) is 0 Å². The van der Waals surface area contributed by atoms with Crippen LogP contribution >= 0.6 is 0 Å². The molecule has 1 aliphatic carbocycles. The van der Waals surface area contributed by atoms with Crippen LogP contribution in [0.4, 0.5) is 5.69 Å². The van der Waals surface area contributed by atoms with Gasteiger partial charge >= 0.3 is 0 Å². The third-order valence-electron chi connectivity index (χ3n) is 3.87. The summed E-state index contributed by atoms with van der Waals surface area (Å²) >= 11 is 0. The van der Waals surface area contributed by atoms with Crippen LogP contribution in [0.3, 0.4) is 0 Å². The van der Waals surface area contributed by atoms with Gasteiger partial charge in [0.2, 0.25) is 5.91 Å². The topological polar surface area (TPSA) is 106 Å². The quantitative estimate of drug-likeness (QED) is 0.675. The zero-order chi connectivity index (χ0) is 16.3. The lowest BCUT2D eigenvalue weighted by Gasteiger charge is -2.20. The van der Waals surface area contributed by atoms with Crippen LogP contribution in [0.15, 0.2) is 23.1 Å². The molecule has 1 aromatic rings. The second kappa shape index (κ2) is 6.43. The standard InChI is InChI=1S/C14H18N2O5S/c1-10-9-12(16(18)19)7-8-13(10)22(20,21)15-14(17)11-5-3-2-4-6-11/h7-9,11H,2-6H2,1H3,(H,15,17). The molecule has 0 heterocycles. The molecule has 0 unspecified atom stereocenters. The van der Waals surface area contributed by atoms with Crippen molar-refractivity contribution in [1.82, 2.24) is 4.72 Å². The van der Waals surface area contributed by atoms with Gasteiger partial charge in [-0.1, -0.05) is 19.3 Å². The number of non-ortho nitro benzene ring substituents is 1. The van der Waals surface area contributed by atoms with Crippen molar-refractivity contribution in [3.63, 3.8) is 0 Å². The zero-order valence-electron chi connectivity index (χ0n) is 12.2. The van der Waals surface area contributed by atoms with Gasteiger partial charge in [0, 0.05) is 18.1 Å². The van der Waals surface area contributed by atoms with Crippen LogP contribution in [-0.2, 0) is 14.8 Å². The molecule has 0 aromatic heterocycles. The number of nitrogens with zero attached hydrogens (tertiary/aromatic N) is 1. The Bertz CT molecular complexity index is 693. The van der Waals surface area contributed by atoms with Gasteiger partial charge in [0.1, 0.15) is 0 Å². The molecule has 0 saturated heterocycles. The van der Waals surface area contributed by atoms with E-state index in [2.05, 4.69) is 4.72 Å². The highest BCUT2D eigenvalue weighted by Crippen LogP contribution is 2.25. The second-order valence-electron chi connectivity index (χ2n) is 5.51. The van der Waals surface area contributed by atoms with Gasteiger partial charge in [-0.05, 0) is 31.4 Å². The molecule has 1 saturated carbocycles. The Morgan fingerprint density at radius 3 is 2.45 bits per heavy atom. The lowest BCUT2D eigenvalue weighted by atomic mass is 9.89. The largest absolute Gasteiger partial charge is 0.274 e. The van der Waals surface area contributed by atoms with Crippen LogP contribution in [0.25, 0.3) is 0 Å². The van der Waals surface area contributed by atoms with E-state index in [1.165, 1.54) is 13.0 Å². The Labute approximate surface area is 128 Å². The number of nitrogens with one attached hydrogen (secondary N) is 1. The molecule has 1 N–H and O–H groups in total. The Morgan fingerprint density at radius 1 is 1.27 bits per heavy atom. The molecule has 0 spiro atoms. The number of carbonyl (C=O) groups excluding carboxylic acids is 1. The summed E-state index contributed by atoms with van der Waals surface area (Å²) in [7, 11) is -4.00. The summed E-state index contributed by atoms with van der Waals surface area (Å²) in [6.07, 6.45) is 4.31. The summed E-state index contributed by atoms with van der Waals surface area (Å²) in [6, 6.07) is 3.45. The number of hydrogen-bond acceptors (Lipinski definition) is 5. The van der Waals surface area contributed by atoms with Crippen molar-refractivity contribution in [3.05, 3.63) is 33.9 Å². The first-order valence-electron chi connectivity index (χ1n) is 7.13. The molecule has 1 fully saturated rings. The van der Waals surface area contributed by atoms with Crippen LogP contribution in [-0.4, -0.2) is 19.2 Å². The van der Waals surface area contributed by atoms with Crippen LogP contribution in [0.5, 0.6) is 0 Å². The normalized spacial score (nSPS) is 16.2. The highest BCUT2D eigenvalue weighted by atomic mass is 32.2. The smallest absolute Gasteiger partial charge is 0.269 e. The number of amides is 1. The average Bonchev–Trinajstić information content (AvgIpc) is 2.47. The van der Waals surface area contributed by atoms with Gasteiger partial charge in [-0.25, -0.2) is 13.1 Å². The SMILES string of the molecule is Cc1cc([N+](=O)[O-])ccc1S(=O)(=O)NC(=O)C1CCCCC1. The minimum atomic E-state index is -4.00. The number of carbonyl (C=O) groups is 1. The van der Waals surface area contributed by atoms with E-state index in [0.717, 1.165) is 31.4 Å². The number of sulfonamides is 1. The van der Waals surface area contributed by atoms with Crippen molar-refractivity contribution in [2.75, 3.05) is 0 Å². The lowest BCUT2D eigenvalue weighted by molar-refractivity contribution is -0.385. The fourth-order valence-corrected chi connectivity index (χ4v) is 3.96. The maximum atomic E-state index is 12.3. The van der Waals surface area contributed by atoms with Gasteiger partial charge in [-0.15, -0.1) is 0 Å². The molecule has 0 radical (unpaired) electrons. The van der Waals surface area contributed by atoms with Gasteiger partial charge in [-0.3, -0.25) is 14.9 Å². The van der Waals surface area contributed by atoms with Crippen LogP contribution < -0.4 is 4.72 Å². The molecule has 1 aromatic carbocycles. The van der Waals surface area contributed by atoms with Gasteiger partial charge < -0.3 is 0 Å². The third-order valence-corrected chi connectivity index (χ3v) is 5.38. The molecule has 7 nitrogen and oxygen atoms in total. The molecule has 2 rings (SSSR count). The van der Waals surface area contributed by atoms with Crippen LogP contribution in [0.2, 0.25) is 0 Å². The Kier molecular flexibility index (Phi) is 4.80. The molecule has 0 aliphatic heterocycles. The third kappa shape index (κ3) is 3.62.